The maximum atomic E-state index is 13.0. The number of hydrogen-bond donors (Lipinski definition) is 1. The first kappa shape index (κ1) is 23.0. The van der Waals surface area contributed by atoms with Gasteiger partial charge in [0.2, 0.25) is 21.8 Å². The van der Waals surface area contributed by atoms with E-state index in [1.54, 1.807) is 24.3 Å². The first-order valence-electron chi connectivity index (χ1n) is 10.0. The zero-order valence-corrected chi connectivity index (χ0v) is 19.3. The summed E-state index contributed by atoms with van der Waals surface area (Å²) in [6, 6.07) is 11.2. The van der Waals surface area contributed by atoms with Gasteiger partial charge in [-0.1, -0.05) is 35.3 Å². The summed E-state index contributed by atoms with van der Waals surface area (Å²) in [6.45, 7) is 1.27. The second-order valence-electron chi connectivity index (χ2n) is 7.51. The Kier molecular flexibility index (Phi) is 6.73. The minimum atomic E-state index is -3.84. The van der Waals surface area contributed by atoms with Gasteiger partial charge in [0.15, 0.2) is 0 Å². The zero-order chi connectivity index (χ0) is 22.9. The Labute approximate surface area is 196 Å². The summed E-state index contributed by atoms with van der Waals surface area (Å²) in [5.41, 5.74) is 0.842. The molecule has 2 aliphatic rings. The number of anilines is 2. The molecule has 0 aliphatic carbocycles. The average Bonchev–Trinajstić information content (AvgIpc) is 3.17. The van der Waals surface area contributed by atoms with Crippen LogP contribution in [0, 0.1) is 5.92 Å². The fourth-order valence-electron chi connectivity index (χ4n) is 3.74. The number of rotatable bonds is 5. The molecule has 0 saturated carbocycles. The van der Waals surface area contributed by atoms with Crippen LogP contribution in [0.15, 0.2) is 47.4 Å². The third-order valence-electron chi connectivity index (χ3n) is 5.43. The number of morpholine rings is 1. The van der Waals surface area contributed by atoms with Gasteiger partial charge in [-0.15, -0.1) is 0 Å². The third-order valence-corrected chi connectivity index (χ3v) is 8.13. The molecule has 2 heterocycles. The predicted molar refractivity (Wildman–Crippen MR) is 122 cm³/mol. The quantitative estimate of drug-likeness (QED) is 0.684. The molecule has 1 atom stereocenters. The maximum Gasteiger partial charge on any atom is 0.244 e. The van der Waals surface area contributed by atoms with Crippen LogP contribution in [0.2, 0.25) is 10.0 Å². The number of halogens is 2. The first-order valence-corrected chi connectivity index (χ1v) is 12.2. The van der Waals surface area contributed by atoms with Crippen molar-refractivity contribution in [3.05, 3.63) is 52.5 Å². The van der Waals surface area contributed by atoms with Gasteiger partial charge in [-0.05, 0) is 30.3 Å². The molecular weight excluding hydrogens is 477 g/mol. The lowest BCUT2D eigenvalue weighted by atomic mass is 10.1. The number of sulfonamides is 1. The Morgan fingerprint density at radius 1 is 1.06 bits per heavy atom. The van der Waals surface area contributed by atoms with E-state index in [9.17, 15) is 18.0 Å². The van der Waals surface area contributed by atoms with Crippen molar-refractivity contribution in [2.45, 2.75) is 11.3 Å². The van der Waals surface area contributed by atoms with E-state index in [-0.39, 0.29) is 53.5 Å². The van der Waals surface area contributed by atoms with Crippen molar-refractivity contribution in [2.75, 3.05) is 43.1 Å². The van der Waals surface area contributed by atoms with Crippen molar-refractivity contribution in [1.29, 1.82) is 0 Å². The fraction of sp³-hybridized carbons (Fsp3) is 0.333. The molecular formula is C21H21Cl2N3O5S. The fourth-order valence-corrected chi connectivity index (χ4v) is 5.88. The molecule has 2 aliphatic heterocycles. The smallest absolute Gasteiger partial charge is 0.244 e. The summed E-state index contributed by atoms with van der Waals surface area (Å²) in [7, 11) is -3.84. The van der Waals surface area contributed by atoms with Crippen molar-refractivity contribution in [2.24, 2.45) is 5.92 Å². The molecule has 11 heteroatoms. The molecule has 2 amide bonds. The van der Waals surface area contributed by atoms with Gasteiger partial charge >= 0.3 is 0 Å². The molecule has 0 spiro atoms. The van der Waals surface area contributed by atoms with Gasteiger partial charge in [0.05, 0.1) is 34.9 Å². The summed E-state index contributed by atoms with van der Waals surface area (Å²) in [4.78, 5) is 26.7. The number of nitrogens with one attached hydrogen (secondary N) is 1. The Morgan fingerprint density at radius 3 is 2.50 bits per heavy atom. The Bertz CT molecular complexity index is 1150. The average molecular weight is 498 g/mol. The molecule has 8 nitrogen and oxygen atoms in total. The number of benzene rings is 2. The highest BCUT2D eigenvalue weighted by atomic mass is 35.5. The van der Waals surface area contributed by atoms with Crippen LogP contribution in [0.25, 0.3) is 0 Å². The van der Waals surface area contributed by atoms with E-state index in [0.29, 0.717) is 23.9 Å². The molecule has 4 rings (SSSR count). The van der Waals surface area contributed by atoms with E-state index in [4.69, 9.17) is 27.9 Å². The molecule has 2 saturated heterocycles. The lowest BCUT2D eigenvalue weighted by molar-refractivity contribution is -0.122. The van der Waals surface area contributed by atoms with Gasteiger partial charge in [0, 0.05) is 31.7 Å². The SMILES string of the molecule is O=C(Nc1ccc(Cl)c(S(=O)(=O)N2CCOCC2)c1)C1CC(=O)N(c2ccccc2Cl)C1. The maximum absolute atomic E-state index is 13.0. The highest BCUT2D eigenvalue weighted by Crippen LogP contribution is 2.32. The number of carbonyl (C=O) groups is 2. The molecule has 32 heavy (non-hydrogen) atoms. The normalized spacial score (nSPS) is 19.9. The van der Waals surface area contributed by atoms with Crippen LogP contribution >= 0.6 is 23.2 Å². The second kappa shape index (κ2) is 9.36. The van der Waals surface area contributed by atoms with Crippen LogP contribution in [0.3, 0.4) is 0 Å². The molecule has 2 aromatic rings. The van der Waals surface area contributed by atoms with E-state index >= 15 is 0 Å². The van der Waals surface area contributed by atoms with Crippen molar-refractivity contribution in [3.63, 3.8) is 0 Å². The van der Waals surface area contributed by atoms with Crippen LogP contribution in [0.5, 0.6) is 0 Å². The zero-order valence-electron chi connectivity index (χ0n) is 17.0. The minimum Gasteiger partial charge on any atom is -0.379 e. The second-order valence-corrected chi connectivity index (χ2v) is 10.2. The Morgan fingerprint density at radius 2 is 1.78 bits per heavy atom. The highest BCUT2D eigenvalue weighted by Gasteiger charge is 2.36. The molecule has 2 fully saturated rings. The molecule has 1 N–H and O–H groups in total. The van der Waals surface area contributed by atoms with E-state index in [0.717, 1.165) is 0 Å². The van der Waals surface area contributed by atoms with Crippen molar-refractivity contribution < 1.29 is 22.7 Å². The van der Waals surface area contributed by atoms with Gasteiger partial charge in [-0.25, -0.2) is 8.42 Å². The van der Waals surface area contributed by atoms with Gasteiger partial charge in [-0.2, -0.15) is 4.31 Å². The number of nitrogens with zero attached hydrogens (tertiary/aromatic N) is 2. The monoisotopic (exact) mass is 497 g/mol. The van der Waals surface area contributed by atoms with E-state index in [1.165, 1.54) is 27.4 Å². The number of carbonyl (C=O) groups excluding carboxylic acids is 2. The number of para-hydroxylation sites is 1. The van der Waals surface area contributed by atoms with E-state index < -0.39 is 15.9 Å². The van der Waals surface area contributed by atoms with Crippen LogP contribution in [0.4, 0.5) is 11.4 Å². The molecule has 0 aromatic heterocycles. The molecule has 0 radical (unpaired) electrons. The lowest BCUT2D eigenvalue weighted by Gasteiger charge is -2.26. The highest BCUT2D eigenvalue weighted by molar-refractivity contribution is 7.89. The van der Waals surface area contributed by atoms with Crippen molar-refractivity contribution in [3.8, 4) is 0 Å². The minimum absolute atomic E-state index is 0.0313. The first-order chi connectivity index (χ1) is 15.3. The van der Waals surface area contributed by atoms with Gasteiger partial charge in [0.1, 0.15) is 4.90 Å². The van der Waals surface area contributed by atoms with Crippen LogP contribution in [0.1, 0.15) is 6.42 Å². The molecule has 0 bridgehead atoms. The van der Waals surface area contributed by atoms with Gasteiger partial charge in [-0.3, -0.25) is 9.59 Å². The number of ether oxygens (including phenoxy) is 1. The summed E-state index contributed by atoms with van der Waals surface area (Å²) >= 11 is 12.4. The van der Waals surface area contributed by atoms with Gasteiger partial charge in [0.25, 0.3) is 0 Å². The third kappa shape index (κ3) is 4.62. The summed E-state index contributed by atoms with van der Waals surface area (Å²) in [6.07, 6.45) is 0.0313. The van der Waals surface area contributed by atoms with E-state index in [1.807, 2.05) is 0 Å². The molecule has 1 unspecified atom stereocenters. The van der Waals surface area contributed by atoms with E-state index in [2.05, 4.69) is 5.32 Å². The standard InChI is InChI=1S/C21H21Cl2N3O5S/c22-16-3-1-2-4-18(16)26-13-14(11-20(26)27)21(28)24-15-5-6-17(23)19(12-15)32(29,30)25-7-9-31-10-8-25/h1-6,12,14H,7-11,13H2,(H,24,28). The number of amides is 2. The Hall–Kier alpha value is -2.17. The van der Waals surface area contributed by atoms with Crippen LogP contribution < -0.4 is 10.2 Å². The van der Waals surface area contributed by atoms with Crippen molar-refractivity contribution in [1.82, 2.24) is 4.31 Å². The summed E-state index contributed by atoms with van der Waals surface area (Å²) in [5.74, 6) is -1.19. The largest absolute Gasteiger partial charge is 0.379 e. The number of hydrogen-bond acceptors (Lipinski definition) is 5. The van der Waals surface area contributed by atoms with Crippen LogP contribution in [-0.2, 0) is 24.3 Å². The summed E-state index contributed by atoms with van der Waals surface area (Å²) in [5, 5.41) is 3.21. The molecule has 2 aromatic carbocycles. The Balaban J connectivity index is 1.50. The topological polar surface area (TPSA) is 96.0 Å². The van der Waals surface area contributed by atoms with Crippen LogP contribution in [-0.4, -0.2) is 57.4 Å². The summed E-state index contributed by atoms with van der Waals surface area (Å²) < 4.78 is 32.5. The van der Waals surface area contributed by atoms with Gasteiger partial charge < -0.3 is 15.0 Å². The predicted octanol–water partition coefficient (Wildman–Crippen LogP) is 3.01. The molecule has 170 valence electrons. The lowest BCUT2D eigenvalue weighted by Crippen LogP contribution is -2.40. The van der Waals surface area contributed by atoms with Crippen molar-refractivity contribution >= 4 is 56.4 Å².